The Labute approximate surface area is 231 Å². The summed E-state index contributed by atoms with van der Waals surface area (Å²) in [6, 6.07) is 6.30. The number of esters is 1. The van der Waals surface area contributed by atoms with Gasteiger partial charge in [0.05, 0.1) is 43.8 Å². The normalized spacial score (nSPS) is 12.5. The minimum atomic E-state index is -4.66. The van der Waals surface area contributed by atoms with Gasteiger partial charge < -0.3 is 34.7 Å². The third-order valence-electron chi connectivity index (χ3n) is 5.61. The van der Waals surface area contributed by atoms with Gasteiger partial charge in [-0.05, 0) is 12.1 Å². The predicted molar refractivity (Wildman–Crippen MR) is 144 cm³/mol. The van der Waals surface area contributed by atoms with E-state index >= 15 is 0 Å². The number of benzene rings is 1. The fourth-order valence-corrected chi connectivity index (χ4v) is 4.25. The molecule has 0 spiro atoms. The summed E-state index contributed by atoms with van der Waals surface area (Å²) in [5.74, 6) is 0.833. The molecule has 10 nitrogen and oxygen atoms in total. The SMILES string of the molecule is NCC(N)C(=O)OCCOCCSCCOCCn1cc2oc(=O)c(-c3ccccc3C(F)(F)F)cc2cc1=O. The summed E-state index contributed by atoms with van der Waals surface area (Å²) >= 11 is 1.60. The summed E-state index contributed by atoms with van der Waals surface area (Å²) < 4.78 is 62.6. The monoisotopic (exact) mass is 585 g/mol. The summed E-state index contributed by atoms with van der Waals surface area (Å²) in [7, 11) is 0. The third kappa shape index (κ3) is 8.93. The largest absolute Gasteiger partial charge is 0.462 e. The Kier molecular flexibility index (Phi) is 11.8. The van der Waals surface area contributed by atoms with Crippen LogP contribution in [0.5, 0.6) is 0 Å². The zero-order valence-electron chi connectivity index (χ0n) is 21.5. The van der Waals surface area contributed by atoms with Crippen LogP contribution in [0.25, 0.3) is 22.1 Å². The summed E-state index contributed by atoms with van der Waals surface area (Å²) in [6.45, 7) is 1.68. The maximum absolute atomic E-state index is 13.4. The first-order chi connectivity index (χ1) is 19.1. The number of nitrogens with zero attached hydrogens (tertiary/aromatic N) is 1. The molecule has 0 aliphatic rings. The lowest BCUT2D eigenvalue weighted by Crippen LogP contribution is -2.39. The van der Waals surface area contributed by atoms with E-state index in [1.54, 1.807) is 11.8 Å². The lowest BCUT2D eigenvalue weighted by molar-refractivity contribution is -0.146. The number of ether oxygens (including phenoxy) is 3. The number of carbonyl (C=O) groups excluding carboxylic acids is 1. The van der Waals surface area contributed by atoms with Crippen LogP contribution in [-0.2, 0) is 31.7 Å². The van der Waals surface area contributed by atoms with E-state index in [9.17, 15) is 27.6 Å². The van der Waals surface area contributed by atoms with Crippen molar-refractivity contribution < 1.29 is 36.6 Å². The lowest BCUT2D eigenvalue weighted by Gasteiger charge is -2.12. The zero-order valence-corrected chi connectivity index (χ0v) is 22.3. The number of fused-ring (bicyclic) bond motifs is 1. The van der Waals surface area contributed by atoms with Crippen molar-refractivity contribution in [1.82, 2.24) is 4.57 Å². The molecule has 0 amide bonds. The highest BCUT2D eigenvalue weighted by Gasteiger charge is 2.34. The van der Waals surface area contributed by atoms with Gasteiger partial charge in [0.25, 0.3) is 5.56 Å². The molecule has 40 heavy (non-hydrogen) atoms. The molecule has 0 aliphatic heterocycles. The lowest BCUT2D eigenvalue weighted by atomic mass is 10.00. The Morgan fingerprint density at radius 3 is 2.40 bits per heavy atom. The maximum Gasteiger partial charge on any atom is 0.417 e. The number of hydrogen-bond acceptors (Lipinski definition) is 10. The van der Waals surface area contributed by atoms with Crippen LogP contribution in [-0.4, -0.2) is 67.7 Å². The number of alkyl halides is 3. The molecule has 3 aromatic rings. The van der Waals surface area contributed by atoms with E-state index in [0.717, 1.165) is 6.07 Å². The van der Waals surface area contributed by atoms with Gasteiger partial charge in [0.2, 0.25) is 0 Å². The first kappa shape index (κ1) is 31.4. The molecule has 0 aliphatic carbocycles. The summed E-state index contributed by atoms with van der Waals surface area (Å²) in [4.78, 5) is 36.4. The predicted octanol–water partition coefficient (Wildman–Crippen LogP) is 2.24. The molecule has 0 fully saturated rings. The van der Waals surface area contributed by atoms with E-state index in [4.69, 9.17) is 30.1 Å². The fraction of sp³-hybridized carbons (Fsp3) is 0.423. The highest BCUT2D eigenvalue weighted by atomic mass is 32.2. The number of thioether (sulfide) groups is 1. The molecular weight excluding hydrogens is 555 g/mol. The van der Waals surface area contributed by atoms with Crippen LogP contribution in [0.15, 0.2) is 56.6 Å². The van der Waals surface area contributed by atoms with Crippen LogP contribution >= 0.6 is 11.8 Å². The Bertz CT molecular complexity index is 1390. The molecule has 2 heterocycles. The molecule has 14 heteroatoms. The summed E-state index contributed by atoms with van der Waals surface area (Å²) in [6.07, 6.45) is -3.32. The fourth-order valence-electron chi connectivity index (χ4n) is 3.57. The average molecular weight is 586 g/mol. The Morgan fingerprint density at radius 2 is 1.70 bits per heavy atom. The number of rotatable bonds is 15. The Morgan fingerprint density at radius 1 is 1.00 bits per heavy atom. The first-order valence-corrected chi connectivity index (χ1v) is 13.5. The molecule has 0 bridgehead atoms. The van der Waals surface area contributed by atoms with Gasteiger partial charge in [0, 0.05) is 41.6 Å². The quantitative estimate of drug-likeness (QED) is 0.201. The molecule has 3 rings (SSSR count). The number of hydrogen-bond donors (Lipinski definition) is 2. The van der Waals surface area contributed by atoms with Gasteiger partial charge in [-0.3, -0.25) is 9.59 Å². The molecule has 1 aromatic carbocycles. The van der Waals surface area contributed by atoms with E-state index in [1.165, 1.54) is 41.1 Å². The maximum atomic E-state index is 13.4. The second kappa shape index (κ2) is 15.0. The smallest absolute Gasteiger partial charge is 0.417 e. The number of pyridine rings is 1. The van der Waals surface area contributed by atoms with Crippen molar-refractivity contribution in [2.24, 2.45) is 11.5 Å². The van der Waals surface area contributed by atoms with E-state index < -0.39 is 34.9 Å². The molecular formula is C26H30F3N3O7S. The molecule has 1 atom stereocenters. The van der Waals surface area contributed by atoms with Crippen molar-refractivity contribution in [3.63, 3.8) is 0 Å². The van der Waals surface area contributed by atoms with Gasteiger partial charge in [-0.1, -0.05) is 18.2 Å². The molecule has 4 N–H and O–H groups in total. The molecule has 0 radical (unpaired) electrons. The number of nitrogens with two attached hydrogens (primary N) is 2. The van der Waals surface area contributed by atoms with Crippen molar-refractivity contribution in [3.05, 3.63) is 68.9 Å². The van der Waals surface area contributed by atoms with Crippen molar-refractivity contribution in [1.29, 1.82) is 0 Å². The van der Waals surface area contributed by atoms with Crippen molar-refractivity contribution in [2.75, 3.05) is 51.1 Å². The van der Waals surface area contributed by atoms with Crippen LogP contribution in [0.4, 0.5) is 13.2 Å². The van der Waals surface area contributed by atoms with Crippen molar-refractivity contribution >= 4 is 28.7 Å². The zero-order chi connectivity index (χ0) is 29.1. The van der Waals surface area contributed by atoms with E-state index in [0.29, 0.717) is 24.7 Å². The molecule has 0 saturated carbocycles. The second-order valence-corrected chi connectivity index (χ2v) is 9.69. The van der Waals surface area contributed by atoms with E-state index in [1.807, 2.05) is 0 Å². The van der Waals surface area contributed by atoms with Gasteiger partial charge >= 0.3 is 17.8 Å². The molecule has 218 valence electrons. The minimum absolute atomic E-state index is 0.0169. The van der Waals surface area contributed by atoms with Gasteiger partial charge in [-0.15, -0.1) is 0 Å². The molecule has 2 aromatic heterocycles. The van der Waals surface area contributed by atoms with Crippen molar-refractivity contribution in [3.8, 4) is 11.1 Å². The minimum Gasteiger partial charge on any atom is -0.462 e. The van der Waals surface area contributed by atoms with Gasteiger partial charge in [-0.25, -0.2) is 4.79 Å². The molecule has 0 saturated heterocycles. The van der Waals surface area contributed by atoms with Gasteiger partial charge in [-0.2, -0.15) is 24.9 Å². The van der Waals surface area contributed by atoms with Crippen LogP contribution in [0.3, 0.4) is 0 Å². The number of halogens is 3. The topological polar surface area (TPSA) is 149 Å². The van der Waals surface area contributed by atoms with Crippen LogP contribution in [0.2, 0.25) is 0 Å². The van der Waals surface area contributed by atoms with Crippen LogP contribution in [0, 0.1) is 0 Å². The van der Waals surface area contributed by atoms with E-state index in [2.05, 4.69) is 0 Å². The highest BCUT2D eigenvalue weighted by Crippen LogP contribution is 2.36. The second-order valence-electron chi connectivity index (χ2n) is 8.46. The Hall–Kier alpha value is -3.17. The Balaban J connectivity index is 1.43. The van der Waals surface area contributed by atoms with Crippen LogP contribution in [0.1, 0.15) is 5.56 Å². The highest BCUT2D eigenvalue weighted by molar-refractivity contribution is 7.99. The number of carbonyl (C=O) groups is 1. The van der Waals surface area contributed by atoms with Crippen LogP contribution < -0.4 is 22.7 Å². The van der Waals surface area contributed by atoms with Gasteiger partial charge in [0.15, 0.2) is 5.58 Å². The standard InChI is InChI=1S/C26H30F3N3O7S/c27-26(28,29)20-4-2-1-3-18(20)19-13-17-14-23(33)32(16-22(17)39-24(19)34)5-6-36-9-11-40-12-10-37-7-8-38-25(35)21(31)15-30/h1-4,13-14,16,21H,5-12,15,30-31H2. The third-order valence-corrected chi connectivity index (χ3v) is 6.52. The number of aromatic nitrogens is 1. The average Bonchev–Trinajstić information content (AvgIpc) is 2.92. The molecule has 1 unspecified atom stereocenters. The summed E-state index contributed by atoms with van der Waals surface area (Å²) in [5, 5.41) is 0.213. The first-order valence-electron chi connectivity index (χ1n) is 12.3. The summed E-state index contributed by atoms with van der Waals surface area (Å²) in [5.41, 5.74) is 7.86. The van der Waals surface area contributed by atoms with Crippen molar-refractivity contribution in [2.45, 2.75) is 18.8 Å². The van der Waals surface area contributed by atoms with E-state index in [-0.39, 0.29) is 55.0 Å². The van der Waals surface area contributed by atoms with Gasteiger partial charge in [0.1, 0.15) is 12.6 Å².